The number of nitrogens with one attached hydrogen (secondary N) is 2. The van der Waals surface area contributed by atoms with E-state index in [0.29, 0.717) is 0 Å². The molecule has 0 radical (unpaired) electrons. The van der Waals surface area contributed by atoms with Crippen LogP contribution in [0.1, 0.15) is 35.1 Å². The molecule has 0 unspecified atom stereocenters. The third kappa shape index (κ3) is 6.22. The highest BCUT2D eigenvalue weighted by atomic mass is 16.2. The molecular weight excluding hydrogens is 314 g/mol. The van der Waals surface area contributed by atoms with E-state index < -0.39 is 0 Å². The predicted octanol–water partition coefficient (Wildman–Crippen LogP) is 3.48. The predicted molar refractivity (Wildman–Crippen MR) is 101 cm³/mol. The maximum atomic E-state index is 12.0. The van der Waals surface area contributed by atoms with Crippen LogP contribution >= 0.6 is 0 Å². The van der Waals surface area contributed by atoms with Gasteiger partial charge in [-0.25, -0.2) is 5.43 Å². The molecule has 2 N–H and O–H groups in total. The molecule has 5 nitrogen and oxygen atoms in total. The van der Waals surface area contributed by atoms with Crippen LogP contribution in [0.15, 0.2) is 47.6 Å². The Labute approximate surface area is 148 Å². The Morgan fingerprint density at radius 2 is 1.68 bits per heavy atom. The fraction of sp³-hybridized carbons (Fsp3) is 0.250. The Bertz CT molecular complexity index is 797. The third-order valence-electron chi connectivity index (χ3n) is 3.69. The summed E-state index contributed by atoms with van der Waals surface area (Å²) in [7, 11) is 0. The first-order chi connectivity index (χ1) is 11.9. The number of benzene rings is 2. The van der Waals surface area contributed by atoms with E-state index in [1.165, 1.54) is 0 Å². The number of nitrogens with zero attached hydrogens (tertiary/aromatic N) is 1. The molecule has 2 amide bonds. The maximum Gasteiger partial charge on any atom is 0.240 e. The van der Waals surface area contributed by atoms with E-state index in [0.717, 1.165) is 27.9 Å². The highest BCUT2D eigenvalue weighted by molar-refractivity contribution is 5.94. The van der Waals surface area contributed by atoms with Crippen molar-refractivity contribution in [3.8, 4) is 0 Å². The zero-order valence-electron chi connectivity index (χ0n) is 14.8. The number of carbonyl (C=O) groups is 2. The van der Waals surface area contributed by atoms with E-state index in [2.05, 4.69) is 15.8 Å². The fourth-order valence-electron chi connectivity index (χ4n) is 2.30. The van der Waals surface area contributed by atoms with Crippen LogP contribution < -0.4 is 10.7 Å². The van der Waals surface area contributed by atoms with E-state index >= 15 is 0 Å². The summed E-state index contributed by atoms with van der Waals surface area (Å²) in [5.74, 6) is -0.480. The number of hydrazone groups is 1. The lowest BCUT2D eigenvalue weighted by Gasteiger charge is -2.09. The quantitative estimate of drug-likeness (QED) is 0.626. The zero-order chi connectivity index (χ0) is 18.2. The summed E-state index contributed by atoms with van der Waals surface area (Å²) in [6.45, 7) is 5.89. The molecule has 5 heteroatoms. The van der Waals surface area contributed by atoms with Crippen molar-refractivity contribution in [2.24, 2.45) is 5.10 Å². The highest BCUT2D eigenvalue weighted by Crippen LogP contribution is 2.16. The first kappa shape index (κ1) is 18.4. The molecule has 0 aliphatic heterocycles. The Balaban J connectivity index is 1.77. The topological polar surface area (TPSA) is 70.6 Å². The van der Waals surface area contributed by atoms with Gasteiger partial charge in [0.05, 0.1) is 6.21 Å². The van der Waals surface area contributed by atoms with E-state index in [1.54, 1.807) is 6.21 Å². The lowest BCUT2D eigenvalue weighted by Crippen LogP contribution is -2.20. The SMILES string of the molecule is Cc1cccc(C=NNC(=O)CCC(=O)Nc2cc(C)ccc2C)c1. The van der Waals surface area contributed by atoms with Gasteiger partial charge in [0.2, 0.25) is 11.8 Å². The van der Waals surface area contributed by atoms with Gasteiger partial charge in [-0.3, -0.25) is 9.59 Å². The van der Waals surface area contributed by atoms with Crippen LogP contribution in [-0.2, 0) is 9.59 Å². The number of rotatable bonds is 6. The van der Waals surface area contributed by atoms with Crippen molar-refractivity contribution in [2.45, 2.75) is 33.6 Å². The van der Waals surface area contributed by atoms with Crippen LogP contribution in [0.5, 0.6) is 0 Å². The van der Waals surface area contributed by atoms with Gasteiger partial charge < -0.3 is 5.32 Å². The largest absolute Gasteiger partial charge is 0.326 e. The van der Waals surface area contributed by atoms with E-state index in [-0.39, 0.29) is 24.7 Å². The number of aryl methyl sites for hydroxylation is 3. The molecular formula is C20H23N3O2. The molecule has 130 valence electrons. The van der Waals surface area contributed by atoms with Crippen molar-refractivity contribution in [3.63, 3.8) is 0 Å². The lowest BCUT2D eigenvalue weighted by molar-refractivity contribution is -0.124. The monoisotopic (exact) mass is 337 g/mol. The van der Waals surface area contributed by atoms with Gasteiger partial charge in [0.25, 0.3) is 0 Å². The molecule has 2 aromatic carbocycles. The second kappa shape index (κ2) is 8.78. The van der Waals surface area contributed by atoms with Gasteiger partial charge in [-0.05, 0) is 43.5 Å². The molecule has 0 aliphatic carbocycles. The molecule has 0 fully saturated rings. The standard InChI is InChI=1S/C20H23N3O2/c1-14-5-4-6-17(11-14)13-21-23-20(25)10-9-19(24)22-18-12-15(2)7-8-16(18)3/h4-8,11-13H,9-10H2,1-3H3,(H,22,24)(H,23,25). The summed E-state index contributed by atoms with van der Waals surface area (Å²) < 4.78 is 0. The van der Waals surface area contributed by atoms with Gasteiger partial charge in [-0.2, -0.15) is 5.10 Å². The minimum atomic E-state index is -0.292. The highest BCUT2D eigenvalue weighted by Gasteiger charge is 2.08. The second-order valence-corrected chi connectivity index (χ2v) is 6.07. The second-order valence-electron chi connectivity index (χ2n) is 6.07. The lowest BCUT2D eigenvalue weighted by atomic mass is 10.1. The zero-order valence-corrected chi connectivity index (χ0v) is 14.8. The summed E-state index contributed by atoms with van der Waals surface area (Å²) in [4.78, 5) is 23.8. The van der Waals surface area contributed by atoms with Crippen molar-refractivity contribution in [1.29, 1.82) is 0 Å². The Kier molecular flexibility index (Phi) is 6.46. The summed E-state index contributed by atoms with van der Waals surface area (Å²) in [6.07, 6.45) is 1.78. The van der Waals surface area contributed by atoms with Crippen LogP contribution in [0.25, 0.3) is 0 Å². The van der Waals surface area contributed by atoms with Gasteiger partial charge in [0, 0.05) is 18.5 Å². The molecule has 0 heterocycles. The third-order valence-corrected chi connectivity index (χ3v) is 3.69. The van der Waals surface area contributed by atoms with Gasteiger partial charge >= 0.3 is 0 Å². The summed E-state index contributed by atoms with van der Waals surface area (Å²) in [5, 5.41) is 6.75. The Morgan fingerprint density at radius 1 is 0.960 bits per heavy atom. The molecule has 0 aliphatic rings. The molecule has 0 bridgehead atoms. The molecule has 25 heavy (non-hydrogen) atoms. The van der Waals surface area contributed by atoms with E-state index in [4.69, 9.17) is 0 Å². The molecule has 2 aromatic rings. The van der Waals surface area contributed by atoms with Gasteiger partial charge in [-0.15, -0.1) is 0 Å². The van der Waals surface area contributed by atoms with E-state index in [9.17, 15) is 9.59 Å². The minimum absolute atomic E-state index is 0.0852. The van der Waals surface area contributed by atoms with Gasteiger partial charge in [-0.1, -0.05) is 42.0 Å². The minimum Gasteiger partial charge on any atom is -0.326 e. The Morgan fingerprint density at radius 3 is 2.44 bits per heavy atom. The van der Waals surface area contributed by atoms with Crippen molar-refractivity contribution in [2.75, 3.05) is 5.32 Å². The molecule has 2 rings (SSSR count). The molecule has 0 aromatic heterocycles. The molecule has 0 saturated heterocycles. The Hall–Kier alpha value is -2.95. The average Bonchev–Trinajstić information content (AvgIpc) is 2.56. The number of anilines is 1. The van der Waals surface area contributed by atoms with Gasteiger partial charge in [0.15, 0.2) is 0 Å². The number of hydrogen-bond acceptors (Lipinski definition) is 3. The van der Waals surface area contributed by atoms with Crippen LogP contribution in [-0.4, -0.2) is 18.0 Å². The smallest absolute Gasteiger partial charge is 0.240 e. The van der Waals surface area contributed by atoms with Crippen molar-refractivity contribution >= 4 is 23.7 Å². The number of carbonyl (C=O) groups excluding carboxylic acids is 2. The molecule has 0 atom stereocenters. The first-order valence-electron chi connectivity index (χ1n) is 8.20. The number of hydrogen-bond donors (Lipinski definition) is 2. The summed E-state index contributed by atoms with van der Waals surface area (Å²) >= 11 is 0. The molecule has 0 spiro atoms. The van der Waals surface area contributed by atoms with Crippen molar-refractivity contribution in [3.05, 3.63) is 64.7 Å². The van der Waals surface area contributed by atoms with Crippen molar-refractivity contribution in [1.82, 2.24) is 5.43 Å². The maximum absolute atomic E-state index is 12.0. The van der Waals surface area contributed by atoms with Crippen molar-refractivity contribution < 1.29 is 9.59 Å². The molecule has 0 saturated carbocycles. The fourth-order valence-corrected chi connectivity index (χ4v) is 2.30. The summed E-state index contributed by atoms with van der Waals surface area (Å²) in [5.41, 5.74) is 7.32. The number of amides is 2. The van der Waals surface area contributed by atoms with E-state index in [1.807, 2.05) is 63.2 Å². The van der Waals surface area contributed by atoms with Crippen LogP contribution in [0.2, 0.25) is 0 Å². The van der Waals surface area contributed by atoms with Gasteiger partial charge in [0.1, 0.15) is 0 Å². The average molecular weight is 337 g/mol. The van der Waals surface area contributed by atoms with Crippen LogP contribution in [0.3, 0.4) is 0 Å². The van der Waals surface area contributed by atoms with Crippen LogP contribution in [0, 0.1) is 20.8 Å². The normalized spacial score (nSPS) is 10.7. The van der Waals surface area contributed by atoms with Crippen LogP contribution in [0.4, 0.5) is 5.69 Å². The summed E-state index contributed by atoms with van der Waals surface area (Å²) in [6, 6.07) is 13.6. The first-order valence-corrected chi connectivity index (χ1v) is 8.20.